The second kappa shape index (κ2) is 8.94. The zero-order valence-corrected chi connectivity index (χ0v) is 14.1. The van der Waals surface area contributed by atoms with Crippen molar-refractivity contribution in [2.24, 2.45) is 5.92 Å². The maximum Gasteiger partial charge on any atom is 0.220 e. The Balaban J connectivity index is 1.86. The number of piperidine rings is 1. The van der Waals surface area contributed by atoms with Crippen molar-refractivity contribution in [3.8, 4) is 0 Å². The third-order valence-corrected chi connectivity index (χ3v) is 4.39. The summed E-state index contributed by atoms with van der Waals surface area (Å²) in [4.78, 5) is 14.4. The average molecular weight is 302 g/mol. The standard InChI is InChI=1S/C19H30N2O/c1-16(2)10-11-19(22)20-14-17-8-4-5-9-18(17)15-21-12-6-3-7-13-21/h4-5,8-9,16H,3,6-7,10-15H2,1-2H3,(H,20,22). The lowest BCUT2D eigenvalue weighted by molar-refractivity contribution is -0.121. The summed E-state index contributed by atoms with van der Waals surface area (Å²) in [5, 5.41) is 3.07. The van der Waals surface area contributed by atoms with Crippen LogP contribution in [0.3, 0.4) is 0 Å². The molecule has 1 aromatic carbocycles. The van der Waals surface area contributed by atoms with E-state index in [1.54, 1.807) is 0 Å². The minimum atomic E-state index is 0.168. The molecule has 122 valence electrons. The Bertz CT molecular complexity index is 464. The fraction of sp³-hybridized carbons (Fsp3) is 0.632. The molecule has 1 amide bonds. The highest BCUT2D eigenvalue weighted by Crippen LogP contribution is 2.16. The first kappa shape index (κ1) is 17.0. The fourth-order valence-electron chi connectivity index (χ4n) is 2.94. The molecular formula is C19H30N2O. The summed E-state index contributed by atoms with van der Waals surface area (Å²) in [5.74, 6) is 0.749. The Morgan fingerprint density at radius 1 is 1.14 bits per heavy atom. The number of rotatable bonds is 7. The quantitative estimate of drug-likeness (QED) is 0.832. The highest BCUT2D eigenvalue weighted by Gasteiger charge is 2.12. The van der Waals surface area contributed by atoms with E-state index in [9.17, 15) is 4.79 Å². The van der Waals surface area contributed by atoms with Crippen molar-refractivity contribution < 1.29 is 4.79 Å². The minimum Gasteiger partial charge on any atom is -0.352 e. The summed E-state index contributed by atoms with van der Waals surface area (Å²) in [5.41, 5.74) is 2.61. The van der Waals surface area contributed by atoms with Crippen LogP contribution in [0.2, 0.25) is 0 Å². The zero-order valence-electron chi connectivity index (χ0n) is 14.1. The summed E-state index contributed by atoms with van der Waals surface area (Å²) in [6, 6.07) is 8.50. The van der Waals surface area contributed by atoms with Crippen LogP contribution in [0, 0.1) is 5.92 Å². The number of nitrogens with zero attached hydrogens (tertiary/aromatic N) is 1. The van der Waals surface area contributed by atoms with Gasteiger partial charge in [0, 0.05) is 19.5 Å². The van der Waals surface area contributed by atoms with Crippen molar-refractivity contribution >= 4 is 5.91 Å². The molecule has 0 atom stereocenters. The molecule has 0 spiro atoms. The van der Waals surface area contributed by atoms with Crippen LogP contribution in [0.1, 0.15) is 57.1 Å². The number of carbonyl (C=O) groups is 1. The van der Waals surface area contributed by atoms with Gasteiger partial charge in [-0.3, -0.25) is 9.69 Å². The topological polar surface area (TPSA) is 32.3 Å². The average Bonchev–Trinajstić information content (AvgIpc) is 2.53. The van der Waals surface area contributed by atoms with Gasteiger partial charge in [-0.25, -0.2) is 0 Å². The van der Waals surface area contributed by atoms with Crippen molar-refractivity contribution in [3.63, 3.8) is 0 Å². The third kappa shape index (κ3) is 5.80. The van der Waals surface area contributed by atoms with Gasteiger partial charge in [-0.05, 0) is 49.4 Å². The molecular weight excluding hydrogens is 272 g/mol. The number of hydrogen-bond donors (Lipinski definition) is 1. The zero-order chi connectivity index (χ0) is 15.8. The van der Waals surface area contributed by atoms with E-state index in [1.165, 1.54) is 43.5 Å². The summed E-state index contributed by atoms with van der Waals surface area (Å²) >= 11 is 0. The molecule has 2 rings (SSSR count). The molecule has 0 saturated carbocycles. The molecule has 1 saturated heterocycles. The van der Waals surface area contributed by atoms with Gasteiger partial charge in [0.15, 0.2) is 0 Å². The molecule has 0 aromatic heterocycles. The van der Waals surface area contributed by atoms with E-state index in [1.807, 2.05) is 0 Å². The maximum absolute atomic E-state index is 11.9. The van der Waals surface area contributed by atoms with E-state index < -0.39 is 0 Å². The summed E-state index contributed by atoms with van der Waals surface area (Å²) in [6.45, 7) is 8.38. The molecule has 1 heterocycles. The molecule has 1 aliphatic heterocycles. The van der Waals surface area contributed by atoms with Gasteiger partial charge < -0.3 is 5.32 Å². The predicted molar refractivity (Wildman–Crippen MR) is 91.5 cm³/mol. The number of nitrogens with one attached hydrogen (secondary N) is 1. The summed E-state index contributed by atoms with van der Waals surface area (Å²) in [6.07, 6.45) is 5.58. The Morgan fingerprint density at radius 3 is 2.50 bits per heavy atom. The largest absolute Gasteiger partial charge is 0.352 e. The van der Waals surface area contributed by atoms with Gasteiger partial charge in [0.1, 0.15) is 0 Å². The van der Waals surface area contributed by atoms with Gasteiger partial charge in [-0.1, -0.05) is 44.5 Å². The van der Waals surface area contributed by atoms with Crippen LogP contribution < -0.4 is 5.32 Å². The van der Waals surface area contributed by atoms with Crippen LogP contribution in [-0.2, 0) is 17.9 Å². The van der Waals surface area contributed by atoms with Crippen molar-refractivity contribution in [2.75, 3.05) is 13.1 Å². The van der Waals surface area contributed by atoms with Gasteiger partial charge in [-0.15, -0.1) is 0 Å². The van der Waals surface area contributed by atoms with Crippen LogP contribution in [0.4, 0.5) is 0 Å². The van der Waals surface area contributed by atoms with Crippen molar-refractivity contribution in [1.29, 1.82) is 0 Å². The molecule has 22 heavy (non-hydrogen) atoms. The van der Waals surface area contributed by atoms with E-state index in [0.29, 0.717) is 18.9 Å². The molecule has 3 heteroatoms. The van der Waals surface area contributed by atoms with Crippen molar-refractivity contribution in [3.05, 3.63) is 35.4 Å². The van der Waals surface area contributed by atoms with Gasteiger partial charge in [0.2, 0.25) is 5.91 Å². The molecule has 0 radical (unpaired) electrons. The van der Waals surface area contributed by atoms with Crippen LogP contribution in [0.15, 0.2) is 24.3 Å². The van der Waals surface area contributed by atoms with E-state index in [2.05, 4.69) is 48.3 Å². The van der Waals surface area contributed by atoms with E-state index in [0.717, 1.165) is 13.0 Å². The van der Waals surface area contributed by atoms with Crippen LogP contribution in [0.25, 0.3) is 0 Å². The normalized spacial score (nSPS) is 16.0. The molecule has 0 unspecified atom stereocenters. The highest BCUT2D eigenvalue weighted by molar-refractivity contribution is 5.75. The minimum absolute atomic E-state index is 0.168. The van der Waals surface area contributed by atoms with Crippen LogP contribution in [-0.4, -0.2) is 23.9 Å². The first-order valence-corrected chi connectivity index (χ1v) is 8.71. The SMILES string of the molecule is CC(C)CCC(=O)NCc1ccccc1CN1CCCCC1. The van der Waals surface area contributed by atoms with Crippen LogP contribution >= 0.6 is 0 Å². The molecule has 1 N–H and O–H groups in total. The van der Waals surface area contributed by atoms with Crippen molar-refractivity contribution in [1.82, 2.24) is 10.2 Å². The Hall–Kier alpha value is -1.35. The lowest BCUT2D eigenvalue weighted by atomic mass is 10.0. The summed E-state index contributed by atoms with van der Waals surface area (Å²) in [7, 11) is 0. The van der Waals surface area contributed by atoms with Gasteiger partial charge >= 0.3 is 0 Å². The number of hydrogen-bond acceptors (Lipinski definition) is 2. The molecule has 0 aliphatic carbocycles. The lowest BCUT2D eigenvalue weighted by Gasteiger charge is -2.27. The second-order valence-corrected chi connectivity index (χ2v) is 6.81. The lowest BCUT2D eigenvalue weighted by Crippen LogP contribution is -2.30. The van der Waals surface area contributed by atoms with Gasteiger partial charge in [0.05, 0.1) is 0 Å². The van der Waals surface area contributed by atoms with Gasteiger partial charge in [-0.2, -0.15) is 0 Å². The molecule has 3 nitrogen and oxygen atoms in total. The first-order valence-electron chi connectivity index (χ1n) is 8.71. The number of amides is 1. The third-order valence-electron chi connectivity index (χ3n) is 4.39. The predicted octanol–water partition coefficient (Wildman–Crippen LogP) is 3.72. The van der Waals surface area contributed by atoms with Crippen molar-refractivity contribution in [2.45, 2.75) is 59.0 Å². The smallest absolute Gasteiger partial charge is 0.220 e. The Labute approximate surface area is 135 Å². The second-order valence-electron chi connectivity index (χ2n) is 6.81. The van der Waals surface area contributed by atoms with E-state index in [-0.39, 0.29) is 5.91 Å². The Morgan fingerprint density at radius 2 is 1.82 bits per heavy atom. The number of likely N-dealkylation sites (tertiary alicyclic amines) is 1. The van der Waals surface area contributed by atoms with E-state index >= 15 is 0 Å². The van der Waals surface area contributed by atoms with Crippen LogP contribution in [0.5, 0.6) is 0 Å². The number of benzene rings is 1. The summed E-state index contributed by atoms with van der Waals surface area (Å²) < 4.78 is 0. The molecule has 1 fully saturated rings. The fourth-order valence-corrected chi connectivity index (χ4v) is 2.94. The highest BCUT2D eigenvalue weighted by atomic mass is 16.1. The Kier molecular flexibility index (Phi) is 6.91. The van der Waals surface area contributed by atoms with Gasteiger partial charge in [0.25, 0.3) is 0 Å². The molecule has 1 aliphatic rings. The monoisotopic (exact) mass is 302 g/mol. The number of carbonyl (C=O) groups excluding carboxylic acids is 1. The van der Waals surface area contributed by atoms with E-state index in [4.69, 9.17) is 0 Å². The first-order chi connectivity index (χ1) is 10.6. The molecule has 1 aromatic rings. The maximum atomic E-state index is 11.9. The molecule has 0 bridgehead atoms.